The minimum absolute atomic E-state index is 0.0728. The van der Waals surface area contributed by atoms with Gasteiger partial charge >= 0.3 is 5.97 Å². The maximum Gasteiger partial charge on any atom is 0.334 e. The molecule has 1 atom stereocenters. The molecule has 1 unspecified atom stereocenters. The van der Waals surface area contributed by atoms with Crippen molar-refractivity contribution in [2.24, 2.45) is 0 Å². The van der Waals surface area contributed by atoms with Gasteiger partial charge in [0, 0.05) is 0 Å². The Morgan fingerprint density at radius 1 is 1.39 bits per heavy atom. The number of aliphatic carboxylic acids is 1. The Bertz CT molecular complexity index is 549. The summed E-state index contributed by atoms with van der Waals surface area (Å²) in [5, 5.41) is 8.63. The third-order valence-electron chi connectivity index (χ3n) is 2.27. The van der Waals surface area contributed by atoms with Gasteiger partial charge in [0.25, 0.3) is 10.1 Å². The molecule has 0 aromatic heterocycles. The molecular formula is C11H14O6S. The topological polar surface area (TPSA) is 89.9 Å². The van der Waals surface area contributed by atoms with E-state index in [-0.39, 0.29) is 4.90 Å². The lowest BCUT2D eigenvalue weighted by Crippen LogP contribution is -2.24. The van der Waals surface area contributed by atoms with Gasteiger partial charge in [-0.1, -0.05) is 0 Å². The van der Waals surface area contributed by atoms with Crippen molar-refractivity contribution in [2.75, 3.05) is 7.11 Å². The molecule has 1 N–H and O–H groups in total. The van der Waals surface area contributed by atoms with Gasteiger partial charge in [-0.2, -0.15) is 8.42 Å². The summed E-state index contributed by atoms with van der Waals surface area (Å²) in [6.45, 7) is 2.73. The van der Waals surface area contributed by atoms with Crippen LogP contribution < -0.4 is 4.74 Å². The van der Waals surface area contributed by atoms with Gasteiger partial charge in [-0.15, -0.1) is 0 Å². The van der Waals surface area contributed by atoms with Crippen LogP contribution in [-0.2, 0) is 19.1 Å². The third-order valence-corrected chi connectivity index (χ3v) is 3.81. The van der Waals surface area contributed by atoms with Crippen molar-refractivity contribution >= 4 is 16.1 Å². The van der Waals surface area contributed by atoms with Crippen molar-refractivity contribution < 1.29 is 27.2 Å². The molecule has 0 spiro atoms. The molecule has 0 radical (unpaired) electrons. The van der Waals surface area contributed by atoms with Gasteiger partial charge in [0.2, 0.25) is 0 Å². The van der Waals surface area contributed by atoms with Crippen LogP contribution in [0.3, 0.4) is 0 Å². The van der Waals surface area contributed by atoms with Gasteiger partial charge in [0.05, 0.1) is 12.0 Å². The summed E-state index contributed by atoms with van der Waals surface area (Å²) in [4.78, 5) is 10.5. The Labute approximate surface area is 105 Å². The molecule has 100 valence electrons. The molecule has 0 aliphatic carbocycles. The van der Waals surface area contributed by atoms with Crippen molar-refractivity contribution in [3.8, 4) is 5.75 Å². The largest absolute Gasteiger partial charge is 0.497 e. The normalized spacial score (nSPS) is 13.1. The smallest absolute Gasteiger partial charge is 0.334 e. The van der Waals surface area contributed by atoms with Crippen LogP contribution in [0.4, 0.5) is 0 Å². The Hall–Kier alpha value is -1.60. The number of carboxylic acid groups (broad SMARTS) is 1. The van der Waals surface area contributed by atoms with E-state index in [4.69, 9.17) is 9.84 Å². The third kappa shape index (κ3) is 3.21. The second-order valence-electron chi connectivity index (χ2n) is 3.66. The molecule has 6 nitrogen and oxygen atoms in total. The molecule has 0 amide bonds. The van der Waals surface area contributed by atoms with Crippen molar-refractivity contribution in [2.45, 2.75) is 24.8 Å². The second-order valence-corrected chi connectivity index (χ2v) is 5.20. The van der Waals surface area contributed by atoms with Crippen LogP contribution in [0.2, 0.25) is 0 Å². The maximum absolute atomic E-state index is 11.8. The molecular weight excluding hydrogens is 260 g/mol. The second kappa shape index (κ2) is 5.36. The highest BCUT2D eigenvalue weighted by molar-refractivity contribution is 7.86. The Morgan fingerprint density at radius 2 is 2.00 bits per heavy atom. The predicted octanol–water partition coefficient (Wildman–Crippen LogP) is 1.18. The van der Waals surface area contributed by atoms with E-state index < -0.39 is 22.2 Å². The van der Waals surface area contributed by atoms with Crippen LogP contribution in [0.1, 0.15) is 12.5 Å². The fourth-order valence-electron chi connectivity index (χ4n) is 1.31. The van der Waals surface area contributed by atoms with Gasteiger partial charge in [-0.05, 0) is 37.6 Å². The first kappa shape index (κ1) is 14.5. The van der Waals surface area contributed by atoms with Crippen LogP contribution >= 0.6 is 0 Å². The number of aryl methyl sites for hydroxylation is 1. The van der Waals surface area contributed by atoms with Crippen molar-refractivity contribution in [3.05, 3.63) is 23.8 Å². The van der Waals surface area contributed by atoms with Crippen LogP contribution in [-0.4, -0.2) is 32.7 Å². The summed E-state index contributed by atoms with van der Waals surface area (Å²) in [7, 11) is -2.63. The minimum Gasteiger partial charge on any atom is -0.497 e. The first-order valence-corrected chi connectivity index (χ1v) is 6.49. The number of methoxy groups -OCH3 is 1. The van der Waals surface area contributed by atoms with Crippen LogP contribution in [0.15, 0.2) is 23.1 Å². The summed E-state index contributed by atoms with van der Waals surface area (Å²) in [6, 6.07) is 4.31. The van der Waals surface area contributed by atoms with E-state index in [0.717, 1.165) is 6.92 Å². The van der Waals surface area contributed by atoms with Gasteiger partial charge in [0.15, 0.2) is 6.10 Å². The van der Waals surface area contributed by atoms with Crippen LogP contribution in [0.25, 0.3) is 0 Å². The number of ether oxygens (including phenoxy) is 1. The number of carbonyl (C=O) groups is 1. The van der Waals surface area contributed by atoms with Gasteiger partial charge in [-0.3, -0.25) is 4.18 Å². The quantitative estimate of drug-likeness (QED) is 0.811. The first-order chi connectivity index (χ1) is 8.27. The summed E-state index contributed by atoms with van der Waals surface area (Å²) >= 11 is 0. The molecule has 0 heterocycles. The van der Waals surface area contributed by atoms with Gasteiger partial charge < -0.3 is 9.84 Å². The number of hydrogen-bond donors (Lipinski definition) is 1. The molecule has 0 saturated heterocycles. The zero-order valence-electron chi connectivity index (χ0n) is 10.2. The summed E-state index contributed by atoms with van der Waals surface area (Å²) in [5.41, 5.74) is 0.423. The summed E-state index contributed by atoms with van der Waals surface area (Å²) in [6.07, 6.45) is -1.43. The van der Waals surface area contributed by atoms with Crippen molar-refractivity contribution in [1.82, 2.24) is 0 Å². The fraction of sp³-hybridized carbons (Fsp3) is 0.364. The molecule has 1 aromatic carbocycles. The lowest BCUT2D eigenvalue weighted by atomic mass is 10.2. The number of benzene rings is 1. The van der Waals surface area contributed by atoms with E-state index in [0.29, 0.717) is 11.3 Å². The lowest BCUT2D eigenvalue weighted by Gasteiger charge is -2.11. The van der Waals surface area contributed by atoms with E-state index in [1.54, 1.807) is 6.92 Å². The predicted molar refractivity (Wildman–Crippen MR) is 63.1 cm³/mol. The maximum atomic E-state index is 11.8. The molecule has 1 aromatic rings. The molecule has 18 heavy (non-hydrogen) atoms. The zero-order valence-corrected chi connectivity index (χ0v) is 11.0. The van der Waals surface area contributed by atoms with Crippen LogP contribution in [0.5, 0.6) is 5.75 Å². The monoisotopic (exact) mass is 274 g/mol. The average molecular weight is 274 g/mol. The molecule has 1 rings (SSSR count). The first-order valence-electron chi connectivity index (χ1n) is 5.08. The molecule has 0 aliphatic heterocycles. The Balaban J connectivity index is 3.09. The Kier molecular flexibility index (Phi) is 4.31. The summed E-state index contributed by atoms with van der Waals surface area (Å²) in [5.74, 6) is -0.831. The van der Waals surface area contributed by atoms with Crippen molar-refractivity contribution in [1.29, 1.82) is 0 Å². The van der Waals surface area contributed by atoms with Crippen LogP contribution in [0, 0.1) is 6.92 Å². The Morgan fingerprint density at radius 3 is 2.44 bits per heavy atom. The average Bonchev–Trinajstić information content (AvgIpc) is 2.27. The molecule has 0 aliphatic rings. The highest BCUT2D eigenvalue weighted by atomic mass is 32.2. The SMILES string of the molecule is COc1ccc(S(=O)(=O)OC(C)C(=O)O)c(C)c1. The number of carboxylic acids is 1. The number of rotatable bonds is 5. The van der Waals surface area contributed by atoms with E-state index >= 15 is 0 Å². The standard InChI is InChI=1S/C11H14O6S/c1-7-6-9(16-3)4-5-10(7)18(14,15)17-8(2)11(12)13/h4-6,8H,1-3H3,(H,12,13). The lowest BCUT2D eigenvalue weighted by molar-refractivity contribution is -0.144. The summed E-state index contributed by atoms with van der Waals surface area (Å²) < 4.78 is 33.2. The van der Waals surface area contributed by atoms with E-state index in [1.807, 2.05) is 0 Å². The minimum atomic E-state index is -4.10. The van der Waals surface area contributed by atoms with E-state index in [1.165, 1.54) is 25.3 Å². The highest BCUT2D eigenvalue weighted by Crippen LogP contribution is 2.23. The molecule has 0 saturated carbocycles. The van der Waals surface area contributed by atoms with E-state index in [2.05, 4.69) is 4.18 Å². The van der Waals surface area contributed by atoms with Gasteiger partial charge in [0.1, 0.15) is 5.75 Å². The van der Waals surface area contributed by atoms with Gasteiger partial charge in [-0.25, -0.2) is 4.79 Å². The van der Waals surface area contributed by atoms with Crippen molar-refractivity contribution in [3.63, 3.8) is 0 Å². The zero-order chi connectivity index (χ0) is 13.9. The van der Waals surface area contributed by atoms with E-state index in [9.17, 15) is 13.2 Å². The molecule has 0 fully saturated rings. The number of hydrogen-bond acceptors (Lipinski definition) is 5. The fourth-order valence-corrected chi connectivity index (χ4v) is 2.57. The highest BCUT2D eigenvalue weighted by Gasteiger charge is 2.24. The molecule has 7 heteroatoms. The molecule has 0 bridgehead atoms.